The van der Waals surface area contributed by atoms with Crippen molar-refractivity contribution in [2.24, 2.45) is 13.0 Å². The lowest BCUT2D eigenvalue weighted by molar-refractivity contribution is 0.0709. The molecule has 0 saturated heterocycles. The van der Waals surface area contributed by atoms with Crippen molar-refractivity contribution in [3.63, 3.8) is 0 Å². The van der Waals surface area contributed by atoms with Gasteiger partial charge in [0.05, 0.1) is 12.2 Å². The Balaban J connectivity index is 1.47. The van der Waals surface area contributed by atoms with Gasteiger partial charge >= 0.3 is 0 Å². The van der Waals surface area contributed by atoms with Crippen LogP contribution in [-0.4, -0.2) is 48.2 Å². The summed E-state index contributed by atoms with van der Waals surface area (Å²) < 4.78 is 3.88. The van der Waals surface area contributed by atoms with Crippen molar-refractivity contribution in [1.29, 1.82) is 0 Å². The Hall–Kier alpha value is -3.16. The van der Waals surface area contributed by atoms with E-state index < -0.39 is 0 Å². The standard InChI is InChI=1S/C19H23N7O/c1-24-11-2-4-17(24)18(27)25-12-15(13-26-16(14-25)6-10-23-26)5-9-22-19-20-7-3-8-21-19/h2-4,6-8,10-11,15H,5,9,12-14H2,1H3,(H,20,21,22)/t15-/m0/s1. The molecule has 1 amide bonds. The summed E-state index contributed by atoms with van der Waals surface area (Å²) in [4.78, 5) is 23.4. The van der Waals surface area contributed by atoms with Crippen LogP contribution >= 0.6 is 0 Å². The zero-order chi connectivity index (χ0) is 18.6. The van der Waals surface area contributed by atoms with Crippen molar-refractivity contribution >= 4 is 11.9 Å². The monoisotopic (exact) mass is 365 g/mol. The van der Waals surface area contributed by atoms with E-state index in [9.17, 15) is 4.79 Å². The molecule has 1 aliphatic heterocycles. The summed E-state index contributed by atoms with van der Waals surface area (Å²) in [5, 5.41) is 7.69. The molecule has 0 bridgehead atoms. The van der Waals surface area contributed by atoms with Crippen LogP contribution in [0, 0.1) is 5.92 Å². The Morgan fingerprint density at radius 1 is 1.19 bits per heavy atom. The fourth-order valence-corrected chi connectivity index (χ4v) is 3.49. The largest absolute Gasteiger partial charge is 0.354 e. The van der Waals surface area contributed by atoms with E-state index in [-0.39, 0.29) is 5.91 Å². The Morgan fingerprint density at radius 3 is 2.81 bits per heavy atom. The molecule has 1 aliphatic rings. The van der Waals surface area contributed by atoms with Crippen LogP contribution < -0.4 is 5.32 Å². The number of anilines is 1. The molecular weight excluding hydrogens is 342 g/mol. The minimum absolute atomic E-state index is 0.0569. The average Bonchev–Trinajstić information content (AvgIpc) is 3.26. The number of hydrogen-bond acceptors (Lipinski definition) is 5. The first-order chi connectivity index (χ1) is 13.2. The molecule has 3 aromatic heterocycles. The van der Waals surface area contributed by atoms with Gasteiger partial charge in [-0.3, -0.25) is 9.48 Å². The van der Waals surface area contributed by atoms with E-state index in [0.717, 1.165) is 25.2 Å². The summed E-state index contributed by atoms with van der Waals surface area (Å²) in [5.74, 6) is 0.982. The number of amides is 1. The average molecular weight is 365 g/mol. The number of carbonyl (C=O) groups excluding carboxylic acids is 1. The molecule has 8 nitrogen and oxygen atoms in total. The molecule has 0 unspecified atom stereocenters. The van der Waals surface area contributed by atoms with Crippen molar-refractivity contribution in [1.82, 2.24) is 29.2 Å². The summed E-state index contributed by atoms with van der Waals surface area (Å²) in [6, 6.07) is 7.55. The zero-order valence-corrected chi connectivity index (χ0v) is 15.3. The van der Waals surface area contributed by atoms with E-state index in [1.807, 2.05) is 45.6 Å². The van der Waals surface area contributed by atoms with Gasteiger partial charge in [-0.25, -0.2) is 9.97 Å². The van der Waals surface area contributed by atoms with Crippen LogP contribution in [0.25, 0.3) is 0 Å². The van der Waals surface area contributed by atoms with E-state index in [2.05, 4.69) is 20.4 Å². The van der Waals surface area contributed by atoms with Gasteiger partial charge in [0.25, 0.3) is 5.91 Å². The SMILES string of the molecule is Cn1cccc1C(=O)N1Cc2ccnn2C[C@@H](CCNc2ncccn2)C1. The highest BCUT2D eigenvalue weighted by Gasteiger charge is 2.27. The van der Waals surface area contributed by atoms with Crippen LogP contribution in [0.15, 0.2) is 49.1 Å². The molecule has 0 saturated carbocycles. The molecule has 0 fully saturated rings. The number of aromatic nitrogens is 5. The van der Waals surface area contributed by atoms with Gasteiger partial charge in [0.1, 0.15) is 5.69 Å². The first-order valence-corrected chi connectivity index (χ1v) is 9.13. The van der Waals surface area contributed by atoms with Gasteiger partial charge in [0, 0.05) is 51.5 Å². The molecule has 0 aliphatic carbocycles. The van der Waals surface area contributed by atoms with Crippen LogP contribution in [0.1, 0.15) is 22.6 Å². The molecule has 4 rings (SSSR count). The fraction of sp³-hybridized carbons (Fsp3) is 0.368. The van der Waals surface area contributed by atoms with E-state index in [0.29, 0.717) is 30.6 Å². The van der Waals surface area contributed by atoms with Gasteiger partial charge in [-0.15, -0.1) is 0 Å². The third-order valence-electron chi connectivity index (χ3n) is 4.92. The van der Waals surface area contributed by atoms with Crippen molar-refractivity contribution in [2.75, 3.05) is 18.4 Å². The molecule has 1 N–H and O–H groups in total. The van der Waals surface area contributed by atoms with Crippen LogP contribution in [-0.2, 0) is 20.1 Å². The molecular formula is C19H23N7O. The number of nitrogens with one attached hydrogen (secondary N) is 1. The second kappa shape index (κ2) is 7.61. The second-order valence-corrected chi connectivity index (χ2v) is 6.85. The molecule has 140 valence electrons. The smallest absolute Gasteiger partial charge is 0.270 e. The highest BCUT2D eigenvalue weighted by atomic mass is 16.2. The summed E-state index contributed by atoms with van der Waals surface area (Å²) in [7, 11) is 1.90. The predicted molar refractivity (Wildman–Crippen MR) is 101 cm³/mol. The van der Waals surface area contributed by atoms with Crippen LogP contribution in [0.4, 0.5) is 5.95 Å². The third kappa shape index (κ3) is 3.84. The molecule has 27 heavy (non-hydrogen) atoms. The lowest BCUT2D eigenvalue weighted by atomic mass is 10.1. The summed E-state index contributed by atoms with van der Waals surface area (Å²) in [6.07, 6.45) is 8.04. The Morgan fingerprint density at radius 2 is 2.04 bits per heavy atom. The number of hydrogen-bond donors (Lipinski definition) is 1. The maximum atomic E-state index is 13.0. The van der Waals surface area contributed by atoms with Crippen molar-refractivity contribution in [2.45, 2.75) is 19.5 Å². The molecule has 3 aromatic rings. The van der Waals surface area contributed by atoms with E-state index >= 15 is 0 Å². The number of rotatable bonds is 5. The molecule has 8 heteroatoms. The van der Waals surface area contributed by atoms with Gasteiger partial charge in [0.15, 0.2) is 0 Å². The summed E-state index contributed by atoms with van der Waals surface area (Å²) in [6.45, 7) is 2.83. The van der Waals surface area contributed by atoms with E-state index in [1.54, 1.807) is 24.7 Å². The van der Waals surface area contributed by atoms with Crippen molar-refractivity contribution in [3.8, 4) is 0 Å². The van der Waals surface area contributed by atoms with Gasteiger partial charge in [-0.2, -0.15) is 5.10 Å². The minimum atomic E-state index is 0.0569. The van der Waals surface area contributed by atoms with Gasteiger partial charge in [-0.1, -0.05) is 0 Å². The van der Waals surface area contributed by atoms with Crippen molar-refractivity contribution < 1.29 is 4.79 Å². The summed E-state index contributed by atoms with van der Waals surface area (Å²) in [5.41, 5.74) is 1.77. The highest BCUT2D eigenvalue weighted by Crippen LogP contribution is 2.20. The maximum absolute atomic E-state index is 13.0. The molecule has 0 spiro atoms. The van der Waals surface area contributed by atoms with E-state index in [1.165, 1.54) is 0 Å². The highest BCUT2D eigenvalue weighted by molar-refractivity contribution is 5.92. The van der Waals surface area contributed by atoms with Gasteiger partial charge < -0.3 is 14.8 Å². The molecule has 1 atom stereocenters. The lowest BCUT2D eigenvalue weighted by Crippen LogP contribution is -2.35. The second-order valence-electron chi connectivity index (χ2n) is 6.85. The zero-order valence-electron chi connectivity index (χ0n) is 15.3. The van der Waals surface area contributed by atoms with Crippen molar-refractivity contribution in [3.05, 3.63) is 60.4 Å². The quantitative estimate of drug-likeness (QED) is 0.745. The van der Waals surface area contributed by atoms with Gasteiger partial charge in [-0.05, 0) is 36.6 Å². The molecule has 4 heterocycles. The number of aryl methyl sites for hydroxylation is 1. The van der Waals surface area contributed by atoms with Crippen LogP contribution in [0.2, 0.25) is 0 Å². The van der Waals surface area contributed by atoms with Gasteiger partial charge in [0.2, 0.25) is 5.95 Å². The van der Waals surface area contributed by atoms with Crippen LogP contribution in [0.3, 0.4) is 0 Å². The van der Waals surface area contributed by atoms with Crippen LogP contribution in [0.5, 0.6) is 0 Å². The number of fused-ring (bicyclic) bond motifs is 1. The lowest BCUT2D eigenvalue weighted by Gasteiger charge is -2.24. The first kappa shape index (κ1) is 17.3. The van der Waals surface area contributed by atoms with E-state index in [4.69, 9.17) is 0 Å². The summed E-state index contributed by atoms with van der Waals surface area (Å²) >= 11 is 0. The topological polar surface area (TPSA) is 80.9 Å². The Kier molecular flexibility index (Phi) is 4.86. The maximum Gasteiger partial charge on any atom is 0.270 e. The molecule has 0 aromatic carbocycles. The number of carbonyl (C=O) groups is 1. The first-order valence-electron chi connectivity index (χ1n) is 9.13. The Bertz CT molecular complexity index is 902. The number of nitrogens with zero attached hydrogens (tertiary/aromatic N) is 6. The fourth-order valence-electron chi connectivity index (χ4n) is 3.49. The normalized spacial score (nSPS) is 16.6. The predicted octanol–water partition coefficient (Wildman–Crippen LogP) is 1.79. The third-order valence-corrected chi connectivity index (χ3v) is 4.92. The molecule has 0 radical (unpaired) electrons. The minimum Gasteiger partial charge on any atom is -0.354 e. The Labute approximate surface area is 157 Å².